The lowest BCUT2D eigenvalue weighted by molar-refractivity contribution is -0.131. The first kappa shape index (κ1) is 14.7. The van der Waals surface area contributed by atoms with Gasteiger partial charge in [-0.3, -0.25) is 9.78 Å². The SMILES string of the molecule is CCN1CCN(C(=O)CNc2cnc3ccccc3n2)CC1. The number of para-hydroxylation sites is 2. The molecule has 22 heavy (non-hydrogen) atoms. The van der Waals surface area contributed by atoms with Gasteiger partial charge in [0.1, 0.15) is 5.82 Å². The number of piperazine rings is 1. The average molecular weight is 299 g/mol. The predicted molar refractivity (Wildman–Crippen MR) is 86.7 cm³/mol. The zero-order valence-corrected chi connectivity index (χ0v) is 12.8. The summed E-state index contributed by atoms with van der Waals surface area (Å²) in [5, 5.41) is 3.08. The van der Waals surface area contributed by atoms with Crippen LogP contribution in [0.1, 0.15) is 6.92 Å². The Hall–Kier alpha value is -2.21. The Balaban J connectivity index is 1.56. The van der Waals surface area contributed by atoms with Gasteiger partial charge in [0.25, 0.3) is 0 Å². The summed E-state index contributed by atoms with van der Waals surface area (Å²) in [5.74, 6) is 0.755. The number of carbonyl (C=O) groups is 1. The van der Waals surface area contributed by atoms with E-state index in [-0.39, 0.29) is 12.5 Å². The van der Waals surface area contributed by atoms with E-state index in [9.17, 15) is 4.79 Å². The number of rotatable bonds is 4. The molecule has 0 radical (unpaired) electrons. The normalized spacial score (nSPS) is 16.0. The van der Waals surface area contributed by atoms with Crippen molar-refractivity contribution in [2.45, 2.75) is 6.92 Å². The van der Waals surface area contributed by atoms with Crippen molar-refractivity contribution < 1.29 is 4.79 Å². The number of nitrogens with one attached hydrogen (secondary N) is 1. The fourth-order valence-electron chi connectivity index (χ4n) is 2.63. The monoisotopic (exact) mass is 299 g/mol. The molecule has 0 saturated carbocycles. The highest BCUT2D eigenvalue weighted by molar-refractivity contribution is 5.81. The third kappa shape index (κ3) is 3.33. The predicted octanol–water partition coefficient (Wildman–Crippen LogP) is 1.21. The summed E-state index contributed by atoms with van der Waals surface area (Å²) in [6.07, 6.45) is 1.67. The van der Waals surface area contributed by atoms with Crippen LogP contribution in [0.3, 0.4) is 0 Å². The summed E-state index contributed by atoms with van der Waals surface area (Å²) >= 11 is 0. The van der Waals surface area contributed by atoms with Crippen molar-refractivity contribution in [1.29, 1.82) is 0 Å². The summed E-state index contributed by atoms with van der Waals surface area (Å²) in [6.45, 7) is 6.98. The number of benzene rings is 1. The van der Waals surface area contributed by atoms with Crippen LogP contribution in [0.4, 0.5) is 5.82 Å². The summed E-state index contributed by atoms with van der Waals surface area (Å²) in [7, 11) is 0. The molecule has 0 spiro atoms. The number of fused-ring (bicyclic) bond motifs is 1. The lowest BCUT2D eigenvalue weighted by atomic mass is 10.3. The molecule has 0 bridgehead atoms. The van der Waals surface area contributed by atoms with Crippen LogP contribution in [0.25, 0.3) is 11.0 Å². The highest BCUT2D eigenvalue weighted by Gasteiger charge is 2.19. The number of anilines is 1. The molecule has 0 unspecified atom stereocenters. The van der Waals surface area contributed by atoms with Crippen molar-refractivity contribution >= 4 is 22.8 Å². The van der Waals surface area contributed by atoms with Gasteiger partial charge in [0.2, 0.25) is 5.91 Å². The molecule has 116 valence electrons. The third-order valence-electron chi connectivity index (χ3n) is 4.04. The molecule has 2 aromatic rings. The van der Waals surface area contributed by atoms with E-state index in [2.05, 4.69) is 27.1 Å². The molecule has 0 atom stereocenters. The van der Waals surface area contributed by atoms with Crippen LogP contribution in [0.15, 0.2) is 30.5 Å². The molecule has 1 fully saturated rings. The highest BCUT2D eigenvalue weighted by atomic mass is 16.2. The highest BCUT2D eigenvalue weighted by Crippen LogP contribution is 2.11. The Bertz CT molecular complexity index is 652. The van der Waals surface area contributed by atoms with Crippen LogP contribution in [0, 0.1) is 0 Å². The van der Waals surface area contributed by atoms with E-state index in [1.54, 1.807) is 6.20 Å². The molecule has 2 heterocycles. The van der Waals surface area contributed by atoms with Crippen molar-refractivity contribution in [2.75, 3.05) is 44.6 Å². The summed E-state index contributed by atoms with van der Waals surface area (Å²) in [5.41, 5.74) is 1.69. The fraction of sp³-hybridized carbons (Fsp3) is 0.438. The largest absolute Gasteiger partial charge is 0.360 e. The molecular weight excluding hydrogens is 278 g/mol. The van der Waals surface area contributed by atoms with Crippen molar-refractivity contribution in [3.05, 3.63) is 30.5 Å². The van der Waals surface area contributed by atoms with Gasteiger partial charge >= 0.3 is 0 Å². The topological polar surface area (TPSA) is 61.4 Å². The Morgan fingerprint density at radius 2 is 1.91 bits per heavy atom. The van der Waals surface area contributed by atoms with E-state index in [0.29, 0.717) is 5.82 Å². The standard InChI is InChI=1S/C16H21N5O/c1-2-20-7-9-21(10-8-20)16(22)12-18-15-11-17-13-5-3-4-6-14(13)19-15/h3-6,11H,2,7-10,12H2,1H3,(H,18,19). The number of hydrogen-bond donors (Lipinski definition) is 1. The number of hydrogen-bond acceptors (Lipinski definition) is 5. The lowest BCUT2D eigenvalue weighted by Crippen LogP contribution is -2.49. The molecule has 6 nitrogen and oxygen atoms in total. The minimum absolute atomic E-state index is 0.116. The van der Waals surface area contributed by atoms with Gasteiger partial charge < -0.3 is 15.1 Å². The van der Waals surface area contributed by atoms with E-state index in [1.165, 1.54) is 0 Å². The van der Waals surface area contributed by atoms with Crippen LogP contribution in [-0.4, -0.2) is 64.9 Å². The molecule has 1 amide bonds. The van der Waals surface area contributed by atoms with E-state index < -0.39 is 0 Å². The molecule has 1 aliphatic rings. The quantitative estimate of drug-likeness (QED) is 0.919. The number of likely N-dealkylation sites (N-methyl/N-ethyl adjacent to an activating group) is 1. The fourth-order valence-corrected chi connectivity index (χ4v) is 2.63. The van der Waals surface area contributed by atoms with Gasteiger partial charge in [-0.2, -0.15) is 0 Å². The van der Waals surface area contributed by atoms with E-state index >= 15 is 0 Å². The number of aromatic nitrogens is 2. The molecule has 3 rings (SSSR count). The zero-order valence-electron chi connectivity index (χ0n) is 12.8. The van der Waals surface area contributed by atoms with Gasteiger partial charge in [-0.15, -0.1) is 0 Å². The minimum Gasteiger partial charge on any atom is -0.360 e. The first-order valence-corrected chi connectivity index (χ1v) is 7.72. The molecule has 1 saturated heterocycles. The zero-order chi connectivity index (χ0) is 15.4. The van der Waals surface area contributed by atoms with Gasteiger partial charge in [-0.05, 0) is 18.7 Å². The maximum atomic E-state index is 12.2. The van der Waals surface area contributed by atoms with Crippen LogP contribution >= 0.6 is 0 Å². The van der Waals surface area contributed by atoms with Gasteiger partial charge in [-0.1, -0.05) is 19.1 Å². The van der Waals surface area contributed by atoms with Crippen molar-refractivity contribution in [1.82, 2.24) is 19.8 Å². The second kappa shape index (κ2) is 6.70. The van der Waals surface area contributed by atoms with E-state index in [1.807, 2.05) is 29.2 Å². The van der Waals surface area contributed by atoms with Crippen LogP contribution < -0.4 is 5.32 Å². The Kier molecular flexibility index (Phi) is 4.48. The second-order valence-electron chi connectivity index (χ2n) is 5.41. The molecular formula is C16H21N5O. The average Bonchev–Trinajstić information content (AvgIpc) is 2.59. The summed E-state index contributed by atoms with van der Waals surface area (Å²) < 4.78 is 0. The lowest BCUT2D eigenvalue weighted by Gasteiger charge is -2.34. The van der Waals surface area contributed by atoms with Gasteiger partial charge in [0, 0.05) is 26.2 Å². The summed E-state index contributed by atoms with van der Waals surface area (Å²) in [4.78, 5) is 25.3. The second-order valence-corrected chi connectivity index (χ2v) is 5.41. The van der Waals surface area contributed by atoms with Crippen LogP contribution in [0.2, 0.25) is 0 Å². The molecule has 1 N–H and O–H groups in total. The van der Waals surface area contributed by atoms with E-state index in [4.69, 9.17) is 0 Å². The molecule has 1 aromatic carbocycles. The molecule has 1 aliphatic heterocycles. The minimum atomic E-state index is 0.116. The third-order valence-corrected chi connectivity index (χ3v) is 4.04. The Labute approximate surface area is 130 Å². The maximum absolute atomic E-state index is 12.2. The Morgan fingerprint density at radius 1 is 1.18 bits per heavy atom. The number of amides is 1. The summed E-state index contributed by atoms with van der Waals surface area (Å²) in [6, 6.07) is 7.70. The van der Waals surface area contributed by atoms with Crippen LogP contribution in [-0.2, 0) is 4.79 Å². The van der Waals surface area contributed by atoms with Crippen molar-refractivity contribution in [3.63, 3.8) is 0 Å². The molecule has 1 aromatic heterocycles. The van der Waals surface area contributed by atoms with E-state index in [0.717, 1.165) is 43.8 Å². The van der Waals surface area contributed by atoms with Gasteiger partial charge in [0.15, 0.2) is 0 Å². The van der Waals surface area contributed by atoms with Gasteiger partial charge in [0.05, 0.1) is 23.8 Å². The van der Waals surface area contributed by atoms with Crippen molar-refractivity contribution in [3.8, 4) is 0 Å². The Morgan fingerprint density at radius 3 is 2.64 bits per heavy atom. The van der Waals surface area contributed by atoms with Gasteiger partial charge in [-0.25, -0.2) is 4.98 Å². The maximum Gasteiger partial charge on any atom is 0.242 e. The smallest absolute Gasteiger partial charge is 0.242 e. The number of carbonyl (C=O) groups excluding carboxylic acids is 1. The van der Waals surface area contributed by atoms with Crippen LogP contribution in [0.5, 0.6) is 0 Å². The first-order chi connectivity index (χ1) is 10.8. The molecule has 0 aliphatic carbocycles. The first-order valence-electron chi connectivity index (χ1n) is 7.72. The van der Waals surface area contributed by atoms with Crippen molar-refractivity contribution in [2.24, 2.45) is 0 Å². The number of nitrogens with zero attached hydrogens (tertiary/aromatic N) is 4. The molecule has 6 heteroatoms.